The molecule has 1 heterocycles. The molecule has 172 valence electrons. The Balaban J connectivity index is 1.56. The molecule has 1 aliphatic heterocycles. The predicted molar refractivity (Wildman–Crippen MR) is 113 cm³/mol. The molecule has 0 spiro atoms. The number of carbonyl (C=O) groups excluding carboxylic acids is 1. The average Bonchev–Trinajstić information content (AvgIpc) is 3.02. The molecule has 0 aliphatic carbocycles. The lowest BCUT2D eigenvalue weighted by atomic mass is 10.1. The smallest absolute Gasteiger partial charge is 0.251 e. The van der Waals surface area contributed by atoms with E-state index in [1.165, 1.54) is 24.3 Å². The Morgan fingerprint density at radius 2 is 1.79 bits per heavy atom. The fourth-order valence-corrected chi connectivity index (χ4v) is 4.93. The van der Waals surface area contributed by atoms with Crippen LogP contribution < -0.4 is 10.1 Å². The SMILES string of the molecule is O=C(NCc1ccccc1F)c1ccc2c(c1)CN(S(=O)(=O)c1cc(F)ccc1F)CCO2. The number of nitrogens with zero attached hydrogens (tertiary/aromatic N) is 1. The molecule has 0 unspecified atom stereocenters. The topological polar surface area (TPSA) is 75.7 Å². The zero-order chi connectivity index (χ0) is 23.6. The Bertz CT molecular complexity index is 1310. The van der Waals surface area contributed by atoms with Crippen LogP contribution in [0.2, 0.25) is 0 Å². The van der Waals surface area contributed by atoms with Gasteiger partial charge in [0.2, 0.25) is 10.0 Å². The van der Waals surface area contributed by atoms with Crippen molar-refractivity contribution in [1.29, 1.82) is 0 Å². The molecule has 3 aromatic carbocycles. The molecule has 0 atom stereocenters. The molecular formula is C23H19F3N2O4S. The van der Waals surface area contributed by atoms with E-state index < -0.39 is 38.3 Å². The quantitative estimate of drug-likeness (QED) is 0.611. The summed E-state index contributed by atoms with van der Waals surface area (Å²) >= 11 is 0. The van der Waals surface area contributed by atoms with E-state index in [9.17, 15) is 26.4 Å². The average molecular weight is 476 g/mol. The number of hydrogen-bond donors (Lipinski definition) is 1. The van der Waals surface area contributed by atoms with Crippen molar-refractivity contribution < 1.29 is 31.1 Å². The molecule has 0 aromatic heterocycles. The minimum absolute atomic E-state index is 0.0119. The maximum absolute atomic E-state index is 14.2. The van der Waals surface area contributed by atoms with Gasteiger partial charge in [-0.05, 0) is 42.5 Å². The summed E-state index contributed by atoms with van der Waals surface area (Å²) in [6.07, 6.45) is 0. The predicted octanol–water partition coefficient (Wildman–Crippen LogP) is 3.62. The Labute approximate surface area is 188 Å². The summed E-state index contributed by atoms with van der Waals surface area (Å²) in [4.78, 5) is 11.8. The summed E-state index contributed by atoms with van der Waals surface area (Å²) in [6.45, 7) is -0.343. The number of hydrogen-bond acceptors (Lipinski definition) is 4. The highest BCUT2D eigenvalue weighted by Gasteiger charge is 2.30. The van der Waals surface area contributed by atoms with Crippen molar-refractivity contribution in [3.63, 3.8) is 0 Å². The van der Waals surface area contributed by atoms with Crippen LogP contribution in [0.4, 0.5) is 13.2 Å². The van der Waals surface area contributed by atoms with E-state index in [1.807, 2.05) is 0 Å². The lowest BCUT2D eigenvalue weighted by Crippen LogP contribution is -2.33. The van der Waals surface area contributed by atoms with Gasteiger partial charge in [-0.3, -0.25) is 4.79 Å². The van der Waals surface area contributed by atoms with Gasteiger partial charge in [-0.1, -0.05) is 18.2 Å². The monoisotopic (exact) mass is 476 g/mol. The zero-order valence-corrected chi connectivity index (χ0v) is 18.0. The van der Waals surface area contributed by atoms with Crippen LogP contribution in [0.1, 0.15) is 21.5 Å². The van der Waals surface area contributed by atoms with Gasteiger partial charge in [-0.15, -0.1) is 0 Å². The number of fused-ring (bicyclic) bond motifs is 1. The van der Waals surface area contributed by atoms with Crippen molar-refractivity contribution in [2.45, 2.75) is 18.0 Å². The van der Waals surface area contributed by atoms with Crippen LogP contribution >= 0.6 is 0 Å². The van der Waals surface area contributed by atoms with Gasteiger partial charge in [0.05, 0.1) is 0 Å². The largest absolute Gasteiger partial charge is 0.492 e. The molecule has 33 heavy (non-hydrogen) atoms. The van der Waals surface area contributed by atoms with Crippen LogP contribution in [-0.2, 0) is 23.1 Å². The van der Waals surface area contributed by atoms with Crippen molar-refractivity contribution >= 4 is 15.9 Å². The third kappa shape index (κ3) is 4.86. The first kappa shape index (κ1) is 22.8. The fraction of sp³-hybridized carbons (Fsp3) is 0.174. The van der Waals surface area contributed by atoms with Crippen molar-refractivity contribution in [2.24, 2.45) is 0 Å². The maximum Gasteiger partial charge on any atom is 0.251 e. The van der Waals surface area contributed by atoms with Crippen molar-refractivity contribution in [1.82, 2.24) is 9.62 Å². The fourth-order valence-electron chi connectivity index (χ4n) is 3.45. The molecule has 0 fully saturated rings. The van der Waals surface area contributed by atoms with Gasteiger partial charge in [0, 0.05) is 36.3 Å². The molecule has 0 saturated carbocycles. The molecule has 1 aliphatic rings. The minimum Gasteiger partial charge on any atom is -0.492 e. The van der Waals surface area contributed by atoms with E-state index in [0.29, 0.717) is 22.9 Å². The molecule has 1 N–H and O–H groups in total. The summed E-state index contributed by atoms with van der Waals surface area (Å²) in [5.74, 6) is -2.51. The van der Waals surface area contributed by atoms with Crippen molar-refractivity contribution in [3.05, 3.63) is 94.8 Å². The Hall–Kier alpha value is -3.37. The van der Waals surface area contributed by atoms with Gasteiger partial charge in [0.15, 0.2) is 0 Å². The first-order valence-electron chi connectivity index (χ1n) is 9.98. The second-order valence-electron chi connectivity index (χ2n) is 7.36. The van der Waals surface area contributed by atoms with E-state index in [-0.39, 0.29) is 31.8 Å². The summed E-state index contributed by atoms with van der Waals surface area (Å²) in [5, 5.41) is 2.62. The summed E-state index contributed by atoms with van der Waals surface area (Å²) < 4.78 is 74.0. The van der Waals surface area contributed by atoms with Gasteiger partial charge < -0.3 is 10.1 Å². The van der Waals surface area contributed by atoms with Crippen LogP contribution in [0.15, 0.2) is 65.6 Å². The molecule has 10 heteroatoms. The molecule has 0 radical (unpaired) electrons. The molecule has 0 saturated heterocycles. The molecule has 1 amide bonds. The number of amides is 1. The number of carbonyl (C=O) groups is 1. The summed E-state index contributed by atoms with van der Waals surface area (Å²) in [6, 6.07) is 12.8. The van der Waals surface area contributed by atoms with Gasteiger partial charge in [0.1, 0.15) is 34.7 Å². The molecule has 3 aromatic rings. The van der Waals surface area contributed by atoms with Crippen LogP contribution in [-0.4, -0.2) is 31.8 Å². The first-order valence-corrected chi connectivity index (χ1v) is 11.4. The summed E-state index contributed by atoms with van der Waals surface area (Å²) in [7, 11) is -4.37. The highest BCUT2D eigenvalue weighted by atomic mass is 32.2. The summed E-state index contributed by atoms with van der Waals surface area (Å²) in [5.41, 5.74) is 0.912. The third-order valence-corrected chi connectivity index (χ3v) is 7.04. The van der Waals surface area contributed by atoms with Gasteiger partial charge >= 0.3 is 0 Å². The minimum atomic E-state index is -4.37. The maximum atomic E-state index is 14.2. The number of halogens is 3. The van der Waals surface area contributed by atoms with Crippen molar-refractivity contribution in [2.75, 3.05) is 13.2 Å². The number of sulfonamides is 1. The van der Waals surface area contributed by atoms with E-state index >= 15 is 0 Å². The van der Waals surface area contributed by atoms with Gasteiger partial charge in [-0.2, -0.15) is 4.31 Å². The van der Waals surface area contributed by atoms with Crippen molar-refractivity contribution in [3.8, 4) is 5.75 Å². The number of nitrogens with one attached hydrogen (secondary N) is 1. The van der Waals surface area contributed by atoms with Crippen LogP contribution in [0.5, 0.6) is 5.75 Å². The Morgan fingerprint density at radius 3 is 2.58 bits per heavy atom. The van der Waals surface area contributed by atoms with Gasteiger partial charge in [0.25, 0.3) is 5.91 Å². The second-order valence-corrected chi connectivity index (χ2v) is 9.26. The first-order chi connectivity index (χ1) is 15.8. The van der Waals surface area contributed by atoms with Crippen LogP contribution in [0.3, 0.4) is 0 Å². The standard InChI is InChI=1S/C23H19F3N2O4S/c24-18-6-7-20(26)22(12-18)33(30,31)28-9-10-32-21-8-5-15(11-17(21)14-28)23(29)27-13-16-3-1-2-4-19(16)25/h1-8,11-12H,9-10,13-14H2,(H,27,29). The normalized spacial score (nSPS) is 14.2. The highest BCUT2D eigenvalue weighted by Crippen LogP contribution is 2.29. The van der Waals surface area contributed by atoms with E-state index in [2.05, 4.69) is 5.32 Å². The van der Waals surface area contributed by atoms with E-state index in [0.717, 1.165) is 16.4 Å². The number of rotatable bonds is 5. The van der Waals surface area contributed by atoms with Crippen LogP contribution in [0.25, 0.3) is 0 Å². The molecule has 0 bridgehead atoms. The molecular weight excluding hydrogens is 457 g/mol. The lowest BCUT2D eigenvalue weighted by molar-refractivity contribution is 0.0950. The molecule has 6 nitrogen and oxygen atoms in total. The number of ether oxygens (including phenoxy) is 1. The third-order valence-electron chi connectivity index (χ3n) is 5.18. The van der Waals surface area contributed by atoms with Gasteiger partial charge in [-0.25, -0.2) is 21.6 Å². The zero-order valence-electron chi connectivity index (χ0n) is 17.2. The second kappa shape index (κ2) is 9.24. The van der Waals surface area contributed by atoms with E-state index in [1.54, 1.807) is 18.2 Å². The Kier molecular flexibility index (Phi) is 6.39. The number of benzene rings is 3. The molecule has 4 rings (SSSR count). The Morgan fingerprint density at radius 1 is 1.00 bits per heavy atom. The van der Waals surface area contributed by atoms with Crippen LogP contribution in [0, 0.1) is 17.5 Å². The highest BCUT2D eigenvalue weighted by molar-refractivity contribution is 7.89. The lowest BCUT2D eigenvalue weighted by Gasteiger charge is -2.20. The van der Waals surface area contributed by atoms with E-state index in [4.69, 9.17) is 4.74 Å².